The van der Waals surface area contributed by atoms with Crippen LogP contribution in [0, 0.1) is 0 Å². The van der Waals surface area contributed by atoms with Gasteiger partial charge in [0.25, 0.3) is 0 Å². The maximum Gasteiger partial charge on any atom is 0.0426 e. The Morgan fingerprint density at radius 3 is 3.13 bits per heavy atom. The first-order valence-corrected chi connectivity index (χ1v) is 7.43. The van der Waals surface area contributed by atoms with Crippen molar-refractivity contribution >= 4 is 23.1 Å². The summed E-state index contributed by atoms with van der Waals surface area (Å²) in [5.41, 5.74) is 0. The van der Waals surface area contributed by atoms with Gasteiger partial charge in [0.1, 0.15) is 0 Å². The van der Waals surface area contributed by atoms with Gasteiger partial charge in [0.05, 0.1) is 0 Å². The maximum absolute atomic E-state index is 3.60. The zero-order valence-corrected chi connectivity index (χ0v) is 10.9. The van der Waals surface area contributed by atoms with Crippen LogP contribution in [0.4, 0.5) is 0 Å². The van der Waals surface area contributed by atoms with Crippen LogP contribution in [0.15, 0.2) is 12.1 Å². The van der Waals surface area contributed by atoms with E-state index in [4.69, 9.17) is 0 Å². The van der Waals surface area contributed by atoms with Crippen molar-refractivity contribution in [3.8, 4) is 0 Å². The summed E-state index contributed by atoms with van der Waals surface area (Å²) in [4.78, 5) is 2.93. The Hall–Kier alpha value is -0.0300. The summed E-state index contributed by atoms with van der Waals surface area (Å²) in [5, 5.41) is 7.59. The fraction of sp³-hybridized carbons (Fsp3) is 0.636. The lowest BCUT2D eigenvalue weighted by Crippen LogP contribution is -2.13. The molecular formula is C11H18N2S2. The molecule has 0 bridgehead atoms. The molecule has 0 saturated carbocycles. The van der Waals surface area contributed by atoms with Crippen LogP contribution in [0.3, 0.4) is 0 Å². The van der Waals surface area contributed by atoms with Crippen LogP contribution in [0.25, 0.3) is 0 Å². The molecule has 2 nitrogen and oxygen atoms in total. The van der Waals surface area contributed by atoms with Crippen molar-refractivity contribution < 1.29 is 0 Å². The van der Waals surface area contributed by atoms with Gasteiger partial charge in [-0.05, 0) is 31.9 Å². The van der Waals surface area contributed by atoms with Gasteiger partial charge in [-0.3, -0.25) is 0 Å². The van der Waals surface area contributed by atoms with Crippen LogP contribution in [-0.2, 0) is 6.54 Å². The molecule has 2 unspecified atom stereocenters. The fourth-order valence-corrected chi connectivity index (χ4v) is 3.71. The molecule has 2 rings (SSSR count). The van der Waals surface area contributed by atoms with E-state index >= 15 is 0 Å². The molecule has 0 aliphatic carbocycles. The minimum Gasteiger partial charge on any atom is -0.315 e. The first-order chi connectivity index (χ1) is 7.33. The molecule has 4 heteroatoms. The van der Waals surface area contributed by atoms with Crippen molar-refractivity contribution in [2.45, 2.75) is 24.3 Å². The van der Waals surface area contributed by atoms with Gasteiger partial charge in [0, 0.05) is 34.1 Å². The number of rotatable bonds is 4. The average Bonchev–Trinajstić information content (AvgIpc) is 2.85. The predicted octanol–water partition coefficient (Wildman–Crippen LogP) is 2.23. The van der Waals surface area contributed by atoms with Crippen LogP contribution < -0.4 is 10.6 Å². The number of thioether (sulfide) groups is 1. The van der Waals surface area contributed by atoms with E-state index in [9.17, 15) is 0 Å². The topological polar surface area (TPSA) is 24.1 Å². The van der Waals surface area contributed by atoms with Gasteiger partial charge in [0.15, 0.2) is 0 Å². The molecule has 2 atom stereocenters. The molecule has 1 aromatic heterocycles. The molecule has 2 heterocycles. The average molecular weight is 242 g/mol. The fourth-order valence-electron chi connectivity index (χ4n) is 1.95. The van der Waals surface area contributed by atoms with Crippen molar-refractivity contribution in [2.24, 2.45) is 0 Å². The van der Waals surface area contributed by atoms with Crippen LogP contribution >= 0.6 is 23.1 Å². The van der Waals surface area contributed by atoms with E-state index in [1.54, 1.807) is 0 Å². The van der Waals surface area contributed by atoms with Crippen molar-refractivity contribution in [1.82, 2.24) is 10.6 Å². The first-order valence-electron chi connectivity index (χ1n) is 5.33. The highest BCUT2D eigenvalue weighted by Gasteiger charge is 2.25. The Morgan fingerprint density at radius 1 is 1.60 bits per heavy atom. The third-order valence-electron chi connectivity index (χ3n) is 2.80. The van der Waals surface area contributed by atoms with Gasteiger partial charge < -0.3 is 10.6 Å². The minimum atomic E-state index is 0.595. The van der Waals surface area contributed by atoms with E-state index < -0.39 is 0 Å². The molecule has 2 N–H and O–H groups in total. The second-order valence-electron chi connectivity index (χ2n) is 3.89. The molecule has 1 aliphatic rings. The van der Waals surface area contributed by atoms with Crippen LogP contribution in [-0.4, -0.2) is 25.1 Å². The molecule has 1 saturated heterocycles. The summed E-state index contributed by atoms with van der Waals surface area (Å²) in [6.45, 7) is 2.15. The number of thiophene rings is 1. The molecule has 1 aromatic rings. The Morgan fingerprint density at radius 2 is 2.47 bits per heavy atom. The quantitative estimate of drug-likeness (QED) is 0.847. The summed E-state index contributed by atoms with van der Waals surface area (Å²) in [6.07, 6.45) is 3.48. The van der Waals surface area contributed by atoms with E-state index in [0.717, 1.165) is 18.3 Å². The second-order valence-corrected chi connectivity index (χ2v) is 6.23. The number of hydrogen-bond acceptors (Lipinski definition) is 4. The van der Waals surface area contributed by atoms with Gasteiger partial charge in [-0.25, -0.2) is 0 Å². The van der Waals surface area contributed by atoms with Crippen molar-refractivity contribution in [2.75, 3.05) is 19.8 Å². The van der Waals surface area contributed by atoms with Crippen LogP contribution in [0.2, 0.25) is 0 Å². The highest BCUT2D eigenvalue weighted by Crippen LogP contribution is 2.32. The van der Waals surface area contributed by atoms with E-state index in [-0.39, 0.29) is 0 Å². The Bertz CT molecular complexity index is 311. The third-order valence-corrected chi connectivity index (χ3v) is 5.03. The lowest BCUT2D eigenvalue weighted by atomic mass is 10.2. The molecule has 15 heavy (non-hydrogen) atoms. The zero-order chi connectivity index (χ0) is 10.7. The molecule has 0 amide bonds. The number of hydrogen-bond donors (Lipinski definition) is 2. The Labute approximate surface area is 99.8 Å². The lowest BCUT2D eigenvalue weighted by Gasteiger charge is -2.06. The van der Waals surface area contributed by atoms with Gasteiger partial charge >= 0.3 is 0 Å². The Kier molecular flexibility index (Phi) is 4.08. The SMILES string of the molecule is CNCc1ccc(C2CC(SC)CN2)s1. The van der Waals surface area contributed by atoms with Crippen molar-refractivity contribution in [3.63, 3.8) is 0 Å². The summed E-state index contributed by atoms with van der Waals surface area (Å²) < 4.78 is 0. The zero-order valence-electron chi connectivity index (χ0n) is 9.25. The van der Waals surface area contributed by atoms with Gasteiger partial charge in [0.2, 0.25) is 0 Å². The lowest BCUT2D eigenvalue weighted by molar-refractivity contribution is 0.660. The van der Waals surface area contributed by atoms with Crippen molar-refractivity contribution in [1.29, 1.82) is 0 Å². The highest BCUT2D eigenvalue weighted by atomic mass is 32.2. The molecule has 0 aromatic carbocycles. The molecule has 1 fully saturated rings. The Balaban J connectivity index is 1.97. The smallest absolute Gasteiger partial charge is 0.0426 e. The number of nitrogens with one attached hydrogen (secondary N) is 2. The third kappa shape index (κ3) is 2.75. The van der Waals surface area contributed by atoms with E-state index in [1.165, 1.54) is 16.2 Å². The molecule has 1 aliphatic heterocycles. The van der Waals surface area contributed by atoms with Gasteiger partial charge in [-0.15, -0.1) is 11.3 Å². The van der Waals surface area contributed by atoms with E-state index in [2.05, 4.69) is 29.0 Å². The van der Waals surface area contributed by atoms with Crippen LogP contribution in [0.1, 0.15) is 22.2 Å². The predicted molar refractivity (Wildman–Crippen MR) is 69.7 cm³/mol. The minimum absolute atomic E-state index is 0.595. The highest BCUT2D eigenvalue weighted by molar-refractivity contribution is 7.99. The maximum atomic E-state index is 3.60. The second kappa shape index (κ2) is 5.34. The van der Waals surface area contributed by atoms with Gasteiger partial charge in [-0.2, -0.15) is 11.8 Å². The van der Waals surface area contributed by atoms with Crippen molar-refractivity contribution in [3.05, 3.63) is 21.9 Å². The summed E-state index contributed by atoms with van der Waals surface area (Å²) in [5.74, 6) is 0. The first kappa shape index (κ1) is 11.5. The summed E-state index contributed by atoms with van der Waals surface area (Å²) in [6, 6.07) is 5.11. The van der Waals surface area contributed by atoms with Crippen LogP contribution in [0.5, 0.6) is 0 Å². The molecule has 0 radical (unpaired) electrons. The van der Waals surface area contributed by atoms with Gasteiger partial charge in [-0.1, -0.05) is 0 Å². The molecule has 84 valence electrons. The molecular weight excluding hydrogens is 224 g/mol. The summed E-state index contributed by atoms with van der Waals surface area (Å²) >= 11 is 3.91. The largest absolute Gasteiger partial charge is 0.315 e. The summed E-state index contributed by atoms with van der Waals surface area (Å²) in [7, 11) is 2.00. The van der Waals surface area contributed by atoms with E-state index in [0.29, 0.717) is 6.04 Å². The normalized spacial score (nSPS) is 26.0. The van der Waals surface area contributed by atoms with E-state index in [1.807, 2.05) is 30.1 Å². The monoisotopic (exact) mass is 242 g/mol. The standard InChI is InChI=1S/C11H18N2S2/c1-12-6-8-3-4-11(15-8)10-5-9(14-2)7-13-10/h3-4,9-10,12-13H,5-7H2,1-2H3. The molecule has 0 spiro atoms.